The average molecular weight is 282 g/mol. The van der Waals surface area contributed by atoms with Crippen molar-refractivity contribution in [1.82, 2.24) is 9.55 Å². The van der Waals surface area contributed by atoms with Crippen molar-refractivity contribution in [2.75, 3.05) is 13.2 Å². The van der Waals surface area contributed by atoms with Crippen molar-refractivity contribution in [1.29, 1.82) is 0 Å². The molecule has 0 spiro atoms. The van der Waals surface area contributed by atoms with Crippen LogP contribution in [-0.4, -0.2) is 39.6 Å². The topological polar surface area (TPSA) is 93.6 Å². The van der Waals surface area contributed by atoms with Crippen LogP contribution in [0.3, 0.4) is 0 Å². The lowest BCUT2D eigenvalue weighted by atomic mass is 9.90. The molecule has 7 nitrogen and oxygen atoms in total. The first kappa shape index (κ1) is 13.5. The highest BCUT2D eigenvalue weighted by Gasteiger charge is 2.51. The Labute approximate surface area is 115 Å². The zero-order valence-corrected chi connectivity index (χ0v) is 11.3. The Kier molecular flexibility index (Phi) is 3.27. The summed E-state index contributed by atoms with van der Waals surface area (Å²) < 4.78 is 13.0. The smallest absolute Gasteiger partial charge is 0.330 e. The lowest BCUT2D eigenvalue weighted by molar-refractivity contribution is -0.166. The number of aliphatic hydroxyl groups excluding tert-OH is 1. The Morgan fingerprint density at radius 1 is 1.55 bits per heavy atom. The summed E-state index contributed by atoms with van der Waals surface area (Å²) >= 11 is 0. The summed E-state index contributed by atoms with van der Waals surface area (Å²) in [4.78, 5) is 25.6. The third-order valence-corrected chi connectivity index (χ3v) is 4.16. The highest BCUT2D eigenvalue weighted by atomic mass is 16.6. The van der Waals surface area contributed by atoms with E-state index in [0.717, 1.165) is 6.42 Å². The molecule has 0 saturated carbocycles. The molecule has 2 saturated heterocycles. The van der Waals surface area contributed by atoms with Gasteiger partial charge in [0, 0.05) is 24.8 Å². The number of H-pyrrole nitrogens is 1. The van der Waals surface area contributed by atoms with Gasteiger partial charge in [0.05, 0.1) is 12.7 Å². The molecule has 0 aromatic carbocycles. The van der Waals surface area contributed by atoms with Gasteiger partial charge in [0.1, 0.15) is 11.8 Å². The van der Waals surface area contributed by atoms with Crippen molar-refractivity contribution in [3.8, 4) is 0 Å². The highest BCUT2D eigenvalue weighted by Crippen LogP contribution is 2.43. The fraction of sp³-hybridized carbons (Fsp3) is 0.692. The van der Waals surface area contributed by atoms with E-state index in [1.165, 1.54) is 10.8 Å². The van der Waals surface area contributed by atoms with Gasteiger partial charge in [-0.15, -0.1) is 0 Å². The molecule has 3 atom stereocenters. The van der Waals surface area contributed by atoms with E-state index in [1.54, 1.807) is 6.92 Å². The fourth-order valence-electron chi connectivity index (χ4n) is 3.02. The maximum absolute atomic E-state index is 11.9. The van der Waals surface area contributed by atoms with Gasteiger partial charge in [-0.1, -0.05) is 0 Å². The van der Waals surface area contributed by atoms with Gasteiger partial charge >= 0.3 is 5.69 Å². The molecule has 1 aromatic heterocycles. The molecule has 2 fully saturated rings. The van der Waals surface area contributed by atoms with E-state index >= 15 is 0 Å². The van der Waals surface area contributed by atoms with E-state index in [9.17, 15) is 14.7 Å². The maximum atomic E-state index is 11.9. The molecule has 7 heteroatoms. The second-order valence-corrected chi connectivity index (χ2v) is 5.47. The number of hydrogen-bond donors (Lipinski definition) is 2. The number of aryl methyl sites for hydroxylation is 1. The molecule has 3 heterocycles. The van der Waals surface area contributed by atoms with Crippen molar-refractivity contribution in [2.24, 2.45) is 0 Å². The summed E-state index contributed by atoms with van der Waals surface area (Å²) in [6.45, 7) is 2.14. The Morgan fingerprint density at radius 2 is 2.35 bits per heavy atom. The summed E-state index contributed by atoms with van der Waals surface area (Å²) in [6.07, 6.45) is 2.78. The highest BCUT2D eigenvalue weighted by molar-refractivity contribution is 5.04. The van der Waals surface area contributed by atoms with Crippen molar-refractivity contribution in [3.63, 3.8) is 0 Å². The number of fused-ring (bicyclic) bond motifs is 1. The number of nitrogens with zero attached hydrogens (tertiary/aromatic N) is 1. The van der Waals surface area contributed by atoms with E-state index in [2.05, 4.69) is 4.98 Å². The first-order valence-electron chi connectivity index (χ1n) is 6.78. The molecule has 0 aliphatic carbocycles. The number of hydrogen-bond acceptors (Lipinski definition) is 5. The summed E-state index contributed by atoms with van der Waals surface area (Å²) in [5.41, 5.74) is -1.18. The molecule has 0 amide bonds. The number of ether oxygens (including phenoxy) is 2. The van der Waals surface area contributed by atoms with Crippen LogP contribution in [0, 0.1) is 6.92 Å². The summed E-state index contributed by atoms with van der Waals surface area (Å²) in [5, 5.41) is 9.63. The summed E-state index contributed by atoms with van der Waals surface area (Å²) in [5.74, 6) is 0. The summed E-state index contributed by atoms with van der Waals surface area (Å²) in [6, 6.07) is 0. The normalized spacial score (nSPS) is 33.1. The van der Waals surface area contributed by atoms with Crippen LogP contribution in [0.2, 0.25) is 0 Å². The predicted molar refractivity (Wildman–Crippen MR) is 69.6 cm³/mol. The lowest BCUT2D eigenvalue weighted by Crippen LogP contribution is -2.47. The van der Waals surface area contributed by atoms with Gasteiger partial charge in [0.15, 0.2) is 0 Å². The van der Waals surface area contributed by atoms with E-state index in [0.29, 0.717) is 25.0 Å². The molecule has 1 aromatic rings. The zero-order chi connectivity index (χ0) is 14.3. The number of aromatic amines is 1. The van der Waals surface area contributed by atoms with Crippen LogP contribution in [0.15, 0.2) is 15.8 Å². The van der Waals surface area contributed by atoms with Crippen molar-refractivity contribution in [2.45, 2.75) is 44.1 Å². The minimum atomic E-state index is -0.730. The van der Waals surface area contributed by atoms with Crippen LogP contribution in [0.25, 0.3) is 0 Å². The molecular weight excluding hydrogens is 264 g/mol. The number of aromatic nitrogens is 2. The van der Waals surface area contributed by atoms with Gasteiger partial charge in [-0.05, 0) is 19.8 Å². The maximum Gasteiger partial charge on any atom is 0.330 e. The van der Waals surface area contributed by atoms with E-state index in [-0.39, 0.29) is 12.7 Å². The molecule has 2 N–H and O–H groups in total. The first-order chi connectivity index (χ1) is 9.55. The van der Waals surface area contributed by atoms with Crippen LogP contribution >= 0.6 is 0 Å². The molecule has 2 unspecified atom stereocenters. The Morgan fingerprint density at radius 3 is 3.05 bits per heavy atom. The van der Waals surface area contributed by atoms with Gasteiger partial charge in [-0.25, -0.2) is 4.79 Å². The number of rotatable bonds is 2. The van der Waals surface area contributed by atoms with Crippen LogP contribution in [0.4, 0.5) is 0 Å². The molecule has 0 bridgehead atoms. The van der Waals surface area contributed by atoms with Crippen LogP contribution in [-0.2, 0) is 9.47 Å². The van der Waals surface area contributed by atoms with Crippen molar-refractivity contribution in [3.05, 3.63) is 32.6 Å². The second kappa shape index (κ2) is 4.83. The minimum absolute atomic E-state index is 0.134. The summed E-state index contributed by atoms with van der Waals surface area (Å²) in [7, 11) is 0. The molecule has 20 heavy (non-hydrogen) atoms. The SMILES string of the molecule is Cc1cn([C@H]2CC3OCCCC3(CO)O2)c(=O)[nH]c1=O. The van der Waals surface area contributed by atoms with Crippen LogP contribution < -0.4 is 11.2 Å². The fourth-order valence-corrected chi connectivity index (χ4v) is 3.02. The lowest BCUT2D eigenvalue weighted by Gasteiger charge is -2.36. The second-order valence-electron chi connectivity index (χ2n) is 5.47. The molecule has 2 aliphatic rings. The molecule has 2 aliphatic heterocycles. The van der Waals surface area contributed by atoms with Crippen molar-refractivity contribution < 1.29 is 14.6 Å². The standard InChI is InChI=1S/C13H18N2O5/c1-8-6-15(12(18)14-11(8)17)10-5-9-13(7-16,20-10)3-2-4-19-9/h6,9-10,16H,2-5,7H2,1H3,(H,14,17,18)/t9?,10-,13?/m1/s1. The van der Waals surface area contributed by atoms with E-state index in [1.807, 2.05) is 0 Å². The Bertz CT molecular complexity index is 622. The minimum Gasteiger partial charge on any atom is -0.393 e. The molecule has 0 radical (unpaired) electrons. The number of nitrogens with one attached hydrogen (secondary N) is 1. The molecular formula is C13H18N2O5. The van der Waals surface area contributed by atoms with E-state index < -0.39 is 23.1 Å². The van der Waals surface area contributed by atoms with Gasteiger partial charge in [-0.2, -0.15) is 0 Å². The molecule has 3 rings (SSSR count). The quantitative estimate of drug-likeness (QED) is 0.775. The van der Waals surface area contributed by atoms with Gasteiger partial charge in [0.25, 0.3) is 5.56 Å². The van der Waals surface area contributed by atoms with Crippen LogP contribution in [0.1, 0.15) is 31.1 Å². The van der Waals surface area contributed by atoms with Gasteiger partial charge in [0.2, 0.25) is 0 Å². The van der Waals surface area contributed by atoms with Crippen molar-refractivity contribution >= 4 is 0 Å². The zero-order valence-electron chi connectivity index (χ0n) is 11.3. The first-order valence-corrected chi connectivity index (χ1v) is 6.78. The predicted octanol–water partition coefficient (Wildman–Crippen LogP) is -0.326. The Balaban J connectivity index is 1.95. The largest absolute Gasteiger partial charge is 0.393 e. The number of aliphatic hydroxyl groups is 1. The monoisotopic (exact) mass is 282 g/mol. The van der Waals surface area contributed by atoms with E-state index in [4.69, 9.17) is 9.47 Å². The Hall–Kier alpha value is -1.44. The van der Waals surface area contributed by atoms with Gasteiger partial charge in [-0.3, -0.25) is 14.3 Å². The third kappa shape index (κ3) is 2.02. The molecule has 110 valence electrons. The average Bonchev–Trinajstić information content (AvgIpc) is 2.82. The third-order valence-electron chi connectivity index (χ3n) is 4.16. The van der Waals surface area contributed by atoms with Crippen LogP contribution in [0.5, 0.6) is 0 Å². The van der Waals surface area contributed by atoms with Gasteiger partial charge < -0.3 is 14.6 Å².